The van der Waals surface area contributed by atoms with Crippen molar-refractivity contribution >= 4 is 17.5 Å². The van der Waals surface area contributed by atoms with Gasteiger partial charge in [-0.25, -0.2) is 0 Å². The number of carbonyl (C=O) groups is 2. The molecule has 3 N–H and O–H groups in total. The molecular formula is C17H27N3O4. The van der Waals surface area contributed by atoms with E-state index in [1.165, 1.54) is 0 Å². The number of hydrogen-bond acceptors (Lipinski definition) is 5. The fraction of sp³-hybridized carbons (Fsp3) is 0.529. The fourth-order valence-corrected chi connectivity index (χ4v) is 1.72. The van der Waals surface area contributed by atoms with Crippen molar-refractivity contribution in [3.63, 3.8) is 0 Å². The Hall–Kier alpha value is -2.28. The summed E-state index contributed by atoms with van der Waals surface area (Å²) < 4.78 is 10.5. The summed E-state index contributed by atoms with van der Waals surface area (Å²) in [5.41, 5.74) is 5.48. The zero-order valence-corrected chi connectivity index (χ0v) is 14.7. The van der Waals surface area contributed by atoms with Gasteiger partial charge in [-0.3, -0.25) is 20.4 Å². The minimum Gasteiger partial charge on any atom is -0.497 e. The smallest absolute Gasteiger partial charge is 0.267 e. The van der Waals surface area contributed by atoms with E-state index in [1.54, 1.807) is 38.3 Å². The average Bonchev–Trinajstić information content (AvgIpc) is 2.57. The van der Waals surface area contributed by atoms with Gasteiger partial charge in [-0.05, 0) is 43.5 Å². The van der Waals surface area contributed by atoms with Gasteiger partial charge in [0.05, 0.1) is 13.7 Å². The number of carbonyl (C=O) groups excluding carboxylic acids is 2. The van der Waals surface area contributed by atoms with Crippen LogP contribution in [0.5, 0.6) is 5.75 Å². The molecule has 1 aromatic rings. The van der Waals surface area contributed by atoms with Crippen LogP contribution in [0.2, 0.25) is 0 Å². The first-order valence-electron chi connectivity index (χ1n) is 8.00. The number of rotatable bonds is 9. The van der Waals surface area contributed by atoms with Crippen molar-refractivity contribution in [1.82, 2.24) is 10.9 Å². The molecule has 7 heteroatoms. The quantitative estimate of drug-likeness (QED) is 0.597. The zero-order valence-electron chi connectivity index (χ0n) is 14.7. The van der Waals surface area contributed by atoms with Crippen molar-refractivity contribution in [1.29, 1.82) is 0 Å². The van der Waals surface area contributed by atoms with Gasteiger partial charge in [0.2, 0.25) is 0 Å². The molecule has 2 amide bonds. The molecule has 0 aliphatic carbocycles. The van der Waals surface area contributed by atoms with Gasteiger partial charge in [0.25, 0.3) is 11.8 Å². The van der Waals surface area contributed by atoms with Gasteiger partial charge in [0, 0.05) is 12.3 Å². The van der Waals surface area contributed by atoms with Gasteiger partial charge >= 0.3 is 0 Å². The molecule has 1 rings (SSSR count). The van der Waals surface area contributed by atoms with E-state index in [1.807, 2.05) is 0 Å². The second-order valence-electron chi connectivity index (χ2n) is 5.82. The predicted molar refractivity (Wildman–Crippen MR) is 92.6 cm³/mol. The van der Waals surface area contributed by atoms with Crippen molar-refractivity contribution in [2.24, 2.45) is 5.92 Å². The highest BCUT2D eigenvalue weighted by Gasteiger charge is 2.14. The van der Waals surface area contributed by atoms with Crippen LogP contribution in [0.15, 0.2) is 24.3 Å². The summed E-state index contributed by atoms with van der Waals surface area (Å²) in [5, 5.41) is 2.95. The van der Waals surface area contributed by atoms with E-state index in [9.17, 15) is 9.59 Å². The molecule has 0 aliphatic rings. The standard InChI is InChI=1S/C17H27N3O4/c1-12(2)9-10-24-13(3)17(22)20-19-16(21)11-18-14-5-7-15(23-4)8-6-14/h5-8,12-13,18H,9-11H2,1-4H3,(H,19,21)(H,20,22). The fourth-order valence-electron chi connectivity index (χ4n) is 1.72. The first-order valence-corrected chi connectivity index (χ1v) is 8.00. The van der Waals surface area contributed by atoms with Crippen molar-refractivity contribution in [2.75, 3.05) is 25.6 Å². The molecule has 134 valence electrons. The summed E-state index contributed by atoms with van der Waals surface area (Å²) >= 11 is 0. The van der Waals surface area contributed by atoms with Crippen molar-refractivity contribution in [3.8, 4) is 5.75 Å². The Morgan fingerprint density at radius 2 is 1.75 bits per heavy atom. The lowest BCUT2D eigenvalue weighted by Crippen LogP contribution is -2.48. The number of methoxy groups -OCH3 is 1. The SMILES string of the molecule is COc1ccc(NCC(=O)NNC(=O)C(C)OCCC(C)C)cc1. The van der Waals surface area contributed by atoms with E-state index in [0.717, 1.165) is 17.9 Å². The second-order valence-corrected chi connectivity index (χ2v) is 5.82. The molecular weight excluding hydrogens is 310 g/mol. The predicted octanol–water partition coefficient (Wildman–Crippen LogP) is 1.71. The van der Waals surface area contributed by atoms with E-state index in [-0.39, 0.29) is 18.4 Å². The van der Waals surface area contributed by atoms with Crippen LogP contribution in [0.3, 0.4) is 0 Å². The van der Waals surface area contributed by atoms with E-state index in [0.29, 0.717) is 12.5 Å². The van der Waals surface area contributed by atoms with Crippen LogP contribution in [0, 0.1) is 5.92 Å². The van der Waals surface area contributed by atoms with E-state index in [2.05, 4.69) is 30.0 Å². The van der Waals surface area contributed by atoms with Crippen LogP contribution in [0.1, 0.15) is 27.2 Å². The third kappa shape index (κ3) is 7.82. The lowest BCUT2D eigenvalue weighted by atomic mass is 10.1. The molecule has 0 saturated heterocycles. The van der Waals surface area contributed by atoms with E-state index >= 15 is 0 Å². The number of hydrazine groups is 1. The monoisotopic (exact) mass is 337 g/mol. The molecule has 0 bridgehead atoms. The van der Waals surface area contributed by atoms with Crippen molar-refractivity contribution < 1.29 is 19.1 Å². The molecule has 0 aromatic heterocycles. The Bertz CT molecular complexity index is 517. The lowest BCUT2D eigenvalue weighted by Gasteiger charge is -2.15. The normalized spacial score (nSPS) is 11.7. The molecule has 1 unspecified atom stereocenters. The summed E-state index contributed by atoms with van der Waals surface area (Å²) in [4.78, 5) is 23.5. The first kappa shape index (κ1) is 19.8. The molecule has 0 fully saturated rings. The van der Waals surface area contributed by atoms with Crippen LogP contribution in [-0.2, 0) is 14.3 Å². The summed E-state index contributed by atoms with van der Waals surface area (Å²) in [6.45, 7) is 6.38. The third-order valence-electron chi connectivity index (χ3n) is 3.30. The maximum absolute atomic E-state index is 11.8. The molecule has 1 aromatic carbocycles. The topological polar surface area (TPSA) is 88.7 Å². The average molecular weight is 337 g/mol. The highest BCUT2D eigenvalue weighted by molar-refractivity contribution is 5.86. The molecule has 0 saturated carbocycles. The number of amides is 2. The molecule has 0 spiro atoms. The molecule has 1 atom stereocenters. The summed E-state index contributed by atoms with van der Waals surface area (Å²) in [6, 6.07) is 7.18. The van der Waals surface area contributed by atoms with Gasteiger partial charge in [-0.1, -0.05) is 13.8 Å². The minimum atomic E-state index is -0.612. The molecule has 7 nitrogen and oxygen atoms in total. The number of benzene rings is 1. The Labute approximate surface area is 143 Å². The van der Waals surface area contributed by atoms with Gasteiger partial charge in [0.15, 0.2) is 0 Å². The maximum atomic E-state index is 11.8. The van der Waals surface area contributed by atoms with Crippen LogP contribution in [0.25, 0.3) is 0 Å². The number of anilines is 1. The third-order valence-corrected chi connectivity index (χ3v) is 3.30. The van der Waals surface area contributed by atoms with Gasteiger partial charge in [0.1, 0.15) is 11.9 Å². The van der Waals surface area contributed by atoms with Crippen LogP contribution >= 0.6 is 0 Å². The Morgan fingerprint density at radius 3 is 2.33 bits per heavy atom. The number of nitrogens with one attached hydrogen (secondary N) is 3. The van der Waals surface area contributed by atoms with E-state index in [4.69, 9.17) is 9.47 Å². The molecule has 0 aliphatic heterocycles. The second kappa shape index (κ2) is 10.5. The van der Waals surface area contributed by atoms with Crippen LogP contribution < -0.4 is 20.9 Å². The van der Waals surface area contributed by atoms with Gasteiger partial charge in [-0.15, -0.1) is 0 Å². The lowest BCUT2D eigenvalue weighted by molar-refractivity contribution is -0.135. The Morgan fingerprint density at radius 1 is 1.08 bits per heavy atom. The Balaban J connectivity index is 2.23. The summed E-state index contributed by atoms with van der Waals surface area (Å²) in [5.74, 6) is 0.526. The molecule has 24 heavy (non-hydrogen) atoms. The van der Waals surface area contributed by atoms with E-state index < -0.39 is 6.10 Å². The summed E-state index contributed by atoms with van der Waals surface area (Å²) in [6.07, 6.45) is 0.272. The van der Waals surface area contributed by atoms with Gasteiger partial charge in [-0.2, -0.15) is 0 Å². The number of ether oxygens (including phenoxy) is 2. The van der Waals surface area contributed by atoms with Crippen LogP contribution in [0.4, 0.5) is 5.69 Å². The highest BCUT2D eigenvalue weighted by Crippen LogP contribution is 2.14. The minimum absolute atomic E-state index is 0.0369. The highest BCUT2D eigenvalue weighted by atomic mass is 16.5. The van der Waals surface area contributed by atoms with Crippen LogP contribution in [-0.4, -0.2) is 38.2 Å². The largest absolute Gasteiger partial charge is 0.497 e. The first-order chi connectivity index (χ1) is 11.4. The Kier molecular flexibility index (Phi) is 8.64. The number of hydrogen-bond donors (Lipinski definition) is 3. The molecule has 0 radical (unpaired) electrons. The zero-order chi connectivity index (χ0) is 17.9. The van der Waals surface area contributed by atoms with Crippen molar-refractivity contribution in [3.05, 3.63) is 24.3 Å². The maximum Gasteiger partial charge on any atom is 0.267 e. The van der Waals surface area contributed by atoms with Gasteiger partial charge < -0.3 is 14.8 Å². The molecule has 0 heterocycles. The van der Waals surface area contributed by atoms with Crippen molar-refractivity contribution in [2.45, 2.75) is 33.3 Å². The summed E-state index contributed by atoms with van der Waals surface area (Å²) in [7, 11) is 1.59.